The summed E-state index contributed by atoms with van der Waals surface area (Å²) < 4.78 is 11.0. The third-order valence-electron chi connectivity index (χ3n) is 2.73. The molecule has 0 atom stereocenters. The molecule has 4 nitrogen and oxygen atoms in total. The molecule has 4 heteroatoms. The minimum atomic E-state index is 0.474. The van der Waals surface area contributed by atoms with Gasteiger partial charge < -0.3 is 9.47 Å². The number of benzene rings is 1. The quantitative estimate of drug-likeness (QED) is 0.771. The van der Waals surface area contributed by atoms with Crippen LogP contribution in [0.2, 0.25) is 0 Å². The van der Waals surface area contributed by atoms with E-state index >= 15 is 0 Å². The lowest BCUT2D eigenvalue weighted by Crippen LogP contribution is -1.93. The Morgan fingerprint density at radius 1 is 1.21 bits per heavy atom. The molecule has 0 bridgehead atoms. The van der Waals surface area contributed by atoms with Gasteiger partial charge in [0.05, 0.1) is 13.3 Å². The monoisotopic (exact) mass is 257 g/mol. The Labute approximate surface area is 112 Å². The number of aromatic nitrogens is 1. The molecule has 98 valence electrons. The van der Waals surface area contributed by atoms with Crippen LogP contribution in [0.25, 0.3) is 0 Å². The molecular weight excluding hydrogens is 242 g/mol. The fourth-order valence-electron chi connectivity index (χ4n) is 1.70. The summed E-state index contributed by atoms with van der Waals surface area (Å²) in [6, 6.07) is 7.40. The molecule has 0 amide bonds. The first-order valence-electron chi connectivity index (χ1n) is 6.01. The Balaban J connectivity index is 2.29. The largest absolute Gasteiger partial charge is 0.493 e. The second-order valence-electron chi connectivity index (χ2n) is 4.01. The maximum Gasteiger partial charge on any atom is 0.169 e. The number of hydrogen-bond donors (Lipinski definition) is 0. The normalized spacial score (nSPS) is 10.0. The predicted molar refractivity (Wildman–Crippen MR) is 72.1 cm³/mol. The lowest BCUT2D eigenvalue weighted by Gasteiger charge is -2.11. The van der Waals surface area contributed by atoms with Crippen molar-refractivity contribution < 1.29 is 14.3 Å². The van der Waals surface area contributed by atoms with E-state index in [0.29, 0.717) is 22.8 Å². The Hall–Kier alpha value is -2.36. The summed E-state index contributed by atoms with van der Waals surface area (Å²) in [5.41, 5.74) is 1.64. The van der Waals surface area contributed by atoms with Gasteiger partial charge in [0, 0.05) is 11.8 Å². The van der Waals surface area contributed by atoms with Crippen molar-refractivity contribution in [2.75, 3.05) is 7.11 Å². The van der Waals surface area contributed by atoms with E-state index in [1.165, 1.54) is 11.8 Å². The molecule has 0 radical (unpaired) electrons. The number of carbonyl (C=O) groups is 1. The molecule has 0 spiro atoms. The number of hydrogen-bond acceptors (Lipinski definition) is 4. The highest BCUT2D eigenvalue weighted by atomic mass is 16.5. The van der Waals surface area contributed by atoms with Gasteiger partial charge in [-0.25, -0.2) is 0 Å². The summed E-state index contributed by atoms with van der Waals surface area (Å²) in [4.78, 5) is 14.6. The molecule has 0 aliphatic carbocycles. The van der Waals surface area contributed by atoms with Gasteiger partial charge in [0.2, 0.25) is 0 Å². The van der Waals surface area contributed by atoms with Gasteiger partial charge in [-0.1, -0.05) is 13.0 Å². The van der Waals surface area contributed by atoms with Crippen LogP contribution in [0, 0.1) is 0 Å². The van der Waals surface area contributed by atoms with Crippen molar-refractivity contribution in [3.05, 3.63) is 47.8 Å². The van der Waals surface area contributed by atoms with Crippen LogP contribution < -0.4 is 9.47 Å². The van der Waals surface area contributed by atoms with E-state index in [4.69, 9.17) is 9.47 Å². The standard InChI is InChI=1S/C15H15NO3/c1-3-11-4-5-14(15(7-11)18-2)19-13-6-12(10-17)8-16-9-13/h4-10H,3H2,1-2H3. The SMILES string of the molecule is CCc1ccc(Oc2cncc(C=O)c2)c(OC)c1. The van der Waals surface area contributed by atoms with E-state index in [2.05, 4.69) is 11.9 Å². The average molecular weight is 257 g/mol. The summed E-state index contributed by atoms with van der Waals surface area (Å²) >= 11 is 0. The third-order valence-corrected chi connectivity index (χ3v) is 2.73. The van der Waals surface area contributed by atoms with E-state index in [9.17, 15) is 4.79 Å². The fraction of sp³-hybridized carbons (Fsp3) is 0.200. The van der Waals surface area contributed by atoms with E-state index in [1.807, 2.05) is 18.2 Å². The predicted octanol–water partition coefficient (Wildman–Crippen LogP) is 3.26. The molecule has 0 saturated heterocycles. The van der Waals surface area contributed by atoms with Crippen LogP contribution >= 0.6 is 0 Å². The highest BCUT2D eigenvalue weighted by Gasteiger charge is 2.07. The molecular formula is C15H15NO3. The van der Waals surface area contributed by atoms with Crippen molar-refractivity contribution >= 4 is 6.29 Å². The molecule has 19 heavy (non-hydrogen) atoms. The molecule has 0 aliphatic rings. The highest BCUT2D eigenvalue weighted by molar-refractivity contribution is 5.74. The molecule has 2 rings (SSSR count). The van der Waals surface area contributed by atoms with Crippen LogP contribution in [0.15, 0.2) is 36.7 Å². The lowest BCUT2D eigenvalue weighted by molar-refractivity contribution is 0.112. The van der Waals surface area contributed by atoms with Gasteiger partial charge in [0.25, 0.3) is 0 Å². The summed E-state index contributed by atoms with van der Waals surface area (Å²) in [6.45, 7) is 2.08. The minimum absolute atomic E-state index is 0.474. The lowest BCUT2D eigenvalue weighted by atomic mass is 10.1. The van der Waals surface area contributed by atoms with Gasteiger partial charge in [-0.2, -0.15) is 0 Å². The molecule has 1 heterocycles. The van der Waals surface area contributed by atoms with Gasteiger partial charge in [0.15, 0.2) is 17.8 Å². The Bertz CT molecular complexity index is 581. The number of ether oxygens (including phenoxy) is 2. The smallest absolute Gasteiger partial charge is 0.169 e. The van der Waals surface area contributed by atoms with Crippen molar-refractivity contribution in [2.24, 2.45) is 0 Å². The molecule has 1 aromatic carbocycles. The van der Waals surface area contributed by atoms with Crippen molar-refractivity contribution in [2.45, 2.75) is 13.3 Å². The molecule has 0 fully saturated rings. The number of pyridine rings is 1. The number of rotatable bonds is 5. The van der Waals surface area contributed by atoms with Crippen LogP contribution in [0.4, 0.5) is 0 Å². The average Bonchev–Trinajstić information content (AvgIpc) is 2.48. The zero-order valence-corrected chi connectivity index (χ0v) is 10.9. The Morgan fingerprint density at radius 2 is 2.05 bits per heavy atom. The maximum atomic E-state index is 10.7. The summed E-state index contributed by atoms with van der Waals surface area (Å²) in [5.74, 6) is 1.77. The molecule has 2 aromatic rings. The molecule has 0 aliphatic heterocycles. The van der Waals surface area contributed by atoms with Crippen LogP contribution in [0.5, 0.6) is 17.2 Å². The fourth-order valence-corrected chi connectivity index (χ4v) is 1.70. The van der Waals surface area contributed by atoms with Crippen LogP contribution in [-0.4, -0.2) is 18.4 Å². The van der Waals surface area contributed by atoms with Gasteiger partial charge in [0.1, 0.15) is 5.75 Å². The number of methoxy groups -OCH3 is 1. The van der Waals surface area contributed by atoms with Crippen LogP contribution in [-0.2, 0) is 6.42 Å². The van der Waals surface area contributed by atoms with Crippen molar-refractivity contribution in [1.82, 2.24) is 4.98 Å². The second kappa shape index (κ2) is 6.00. The maximum absolute atomic E-state index is 10.7. The summed E-state index contributed by atoms with van der Waals surface area (Å²) in [6.07, 6.45) is 4.70. The second-order valence-corrected chi connectivity index (χ2v) is 4.01. The Kier molecular flexibility index (Phi) is 4.13. The Morgan fingerprint density at radius 3 is 2.74 bits per heavy atom. The minimum Gasteiger partial charge on any atom is -0.493 e. The van der Waals surface area contributed by atoms with Gasteiger partial charge in [-0.3, -0.25) is 9.78 Å². The van der Waals surface area contributed by atoms with E-state index in [-0.39, 0.29) is 0 Å². The molecule has 1 aromatic heterocycles. The number of carbonyl (C=O) groups excluding carboxylic acids is 1. The number of aryl methyl sites for hydroxylation is 1. The number of nitrogens with zero attached hydrogens (tertiary/aromatic N) is 1. The van der Waals surface area contributed by atoms with Crippen LogP contribution in [0.3, 0.4) is 0 Å². The number of aldehydes is 1. The highest BCUT2D eigenvalue weighted by Crippen LogP contribution is 2.32. The van der Waals surface area contributed by atoms with Crippen molar-refractivity contribution in [3.63, 3.8) is 0 Å². The molecule has 0 saturated carbocycles. The van der Waals surface area contributed by atoms with Gasteiger partial charge >= 0.3 is 0 Å². The van der Waals surface area contributed by atoms with Gasteiger partial charge in [-0.15, -0.1) is 0 Å². The zero-order valence-electron chi connectivity index (χ0n) is 10.9. The van der Waals surface area contributed by atoms with Crippen molar-refractivity contribution in [1.29, 1.82) is 0 Å². The zero-order chi connectivity index (χ0) is 13.7. The van der Waals surface area contributed by atoms with E-state index in [1.54, 1.807) is 19.4 Å². The molecule has 0 unspecified atom stereocenters. The summed E-state index contributed by atoms with van der Waals surface area (Å²) in [5, 5.41) is 0. The van der Waals surface area contributed by atoms with Crippen molar-refractivity contribution in [3.8, 4) is 17.2 Å². The molecule has 0 N–H and O–H groups in total. The van der Waals surface area contributed by atoms with Gasteiger partial charge in [-0.05, 0) is 30.2 Å². The first-order chi connectivity index (χ1) is 9.26. The summed E-state index contributed by atoms with van der Waals surface area (Å²) in [7, 11) is 1.60. The van der Waals surface area contributed by atoms with Crippen LogP contribution in [0.1, 0.15) is 22.8 Å². The first-order valence-corrected chi connectivity index (χ1v) is 6.01. The van der Waals surface area contributed by atoms with E-state index in [0.717, 1.165) is 12.7 Å². The first kappa shape index (κ1) is 13.1. The van der Waals surface area contributed by atoms with E-state index < -0.39 is 0 Å². The topological polar surface area (TPSA) is 48.4 Å². The third kappa shape index (κ3) is 3.10.